The number of aromatic amines is 1. The SMILES string of the molecule is Cc1ccn2c(CC3CN(C(=O)O)CCO3)c(-c3c(F)cc(-c4n[nH]c(C)n4)cc3F)nc2c1. The number of ether oxygens (including phenoxy) is 1. The molecule has 1 amide bonds. The first-order valence-electron chi connectivity index (χ1n) is 10.8. The van der Waals surface area contributed by atoms with Crippen molar-refractivity contribution in [2.75, 3.05) is 19.7 Å². The summed E-state index contributed by atoms with van der Waals surface area (Å²) in [7, 11) is 0. The minimum atomic E-state index is -1.03. The third kappa shape index (κ3) is 3.98. The van der Waals surface area contributed by atoms with Crippen LogP contribution in [0.25, 0.3) is 28.3 Å². The molecule has 0 spiro atoms. The molecule has 0 bridgehead atoms. The second-order valence-electron chi connectivity index (χ2n) is 8.32. The largest absolute Gasteiger partial charge is 0.465 e. The average Bonchev–Trinajstić information content (AvgIpc) is 3.37. The predicted molar refractivity (Wildman–Crippen MR) is 118 cm³/mol. The minimum absolute atomic E-state index is 0.148. The van der Waals surface area contributed by atoms with Crippen LogP contribution >= 0.6 is 0 Å². The van der Waals surface area contributed by atoms with Crippen LogP contribution in [0.15, 0.2) is 30.5 Å². The van der Waals surface area contributed by atoms with E-state index in [0.29, 0.717) is 17.2 Å². The molecule has 0 aliphatic carbocycles. The number of nitrogens with one attached hydrogen (secondary N) is 1. The Morgan fingerprint density at radius 2 is 2.00 bits per heavy atom. The van der Waals surface area contributed by atoms with Gasteiger partial charge in [0.2, 0.25) is 0 Å². The number of rotatable bonds is 4. The lowest BCUT2D eigenvalue weighted by atomic mass is 10.0. The smallest absolute Gasteiger partial charge is 0.407 e. The quantitative estimate of drug-likeness (QED) is 0.474. The number of morpholine rings is 1. The highest BCUT2D eigenvalue weighted by Crippen LogP contribution is 2.33. The number of carbonyl (C=O) groups is 1. The molecule has 0 saturated carbocycles. The van der Waals surface area contributed by atoms with Crippen molar-refractivity contribution in [2.24, 2.45) is 0 Å². The van der Waals surface area contributed by atoms with Gasteiger partial charge in [-0.25, -0.2) is 23.5 Å². The molecule has 3 aromatic heterocycles. The van der Waals surface area contributed by atoms with Gasteiger partial charge >= 0.3 is 6.09 Å². The number of benzene rings is 1. The van der Waals surface area contributed by atoms with E-state index in [0.717, 1.165) is 5.56 Å². The number of pyridine rings is 1. The van der Waals surface area contributed by atoms with Crippen molar-refractivity contribution in [2.45, 2.75) is 26.4 Å². The number of carboxylic acid groups (broad SMARTS) is 1. The maximum Gasteiger partial charge on any atom is 0.407 e. The molecule has 9 nitrogen and oxygen atoms in total. The first-order chi connectivity index (χ1) is 16.3. The van der Waals surface area contributed by atoms with Crippen molar-refractivity contribution >= 4 is 11.7 Å². The van der Waals surface area contributed by atoms with Crippen LogP contribution in [0.4, 0.5) is 13.6 Å². The van der Waals surface area contributed by atoms with E-state index in [4.69, 9.17) is 4.74 Å². The van der Waals surface area contributed by atoms with Crippen LogP contribution in [0.1, 0.15) is 17.1 Å². The lowest BCUT2D eigenvalue weighted by Gasteiger charge is -2.31. The Kier molecular flexibility index (Phi) is 5.48. The molecule has 1 aromatic carbocycles. The Morgan fingerprint density at radius 3 is 2.68 bits per heavy atom. The Labute approximate surface area is 193 Å². The molecular weight excluding hydrogens is 446 g/mol. The van der Waals surface area contributed by atoms with E-state index in [9.17, 15) is 9.90 Å². The number of nitrogens with zero attached hydrogens (tertiary/aromatic N) is 5. The van der Waals surface area contributed by atoms with Gasteiger partial charge in [-0.1, -0.05) is 0 Å². The summed E-state index contributed by atoms with van der Waals surface area (Å²) >= 11 is 0. The number of aromatic nitrogens is 5. The van der Waals surface area contributed by atoms with Gasteiger partial charge in [0, 0.05) is 24.7 Å². The van der Waals surface area contributed by atoms with Crippen LogP contribution in [0.2, 0.25) is 0 Å². The molecule has 176 valence electrons. The lowest BCUT2D eigenvalue weighted by Crippen LogP contribution is -2.45. The van der Waals surface area contributed by atoms with Crippen molar-refractivity contribution < 1.29 is 23.4 Å². The summed E-state index contributed by atoms with van der Waals surface area (Å²) in [6.45, 7) is 4.27. The fourth-order valence-corrected chi connectivity index (χ4v) is 4.23. The van der Waals surface area contributed by atoms with Gasteiger partial charge in [-0.3, -0.25) is 5.10 Å². The van der Waals surface area contributed by atoms with Gasteiger partial charge in [0.1, 0.15) is 23.1 Å². The van der Waals surface area contributed by atoms with Crippen LogP contribution in [0.3, 0.4) is 0 Å². The van der Waals surface area contributed by atoms with E-state index in [1.165, 1.54) is 17.0 Å². The molecule has 5 rings (SSSR count). The molecule has 1 aliphatic rings. The van der Waals surface area contributed by atoms with Gasteiger partial charge in [0.15, 0.2) is 5.82 Å². The van der Waals surface area contributed by atoms with Crippen LogP contribution in [-0.2, 0) is 11.2 Å². The fourth-order valence-electron chi connectivity index (χ4n) is 4.23. The third-order valence-electron chi connectivity index (χ3n) is 5.85. The topological polar surface area (TPSA) is 109 Å². The lowest BCUT2D eigenvalue weighted by molar-refractivity contribution is -0.0214. The Hall–Kier alpha value is -3.86. The van der Waals surface area contributed by atoms with Crippen LogP contribution in [-0.4, -0.2) is 66.5 Å². The minimum Gasteiger partial charge on any atom is -0.465 e. The van der Waals surface area contributed by atoms with Crippen molar-refractivity contribution in [3.05, 3.63) is 59.2 Å². The average molecular weight is 468 g/mol. The number of aryl methyl sites for hydroxylation is 2. The fraction of sp³-hybridized carbons (Fsp3) is 0.304. The second-order valence-corrected chi connectivity index (χ2v) is 8.32. The zero-order valence-electron chi connectivity index (χ0n) is 18.5. The molecule has 1 unspecified atom stereocenters. The number of amides is 1. The van der Waals surface area contributed by atoms with E-state index < -0.39 is 23.8 Å². The maximum absolute atomic E-state index is 15.4. The van der Waals surface area contributed by atoms with Crippen molar-refractivity contribution in [3.8, 4) is 22.6 Å². The van der Waals surface area contributed by atoms with Crippen LogP contribution < -0.4 is 0 Å². The third-order valence-corrected chi connectivity index (χ3v) is 5.85. The van der Waals surface area contributed by atoms with Crippen molar-refractivity contribution in [1.82, 2.24) is 29.5 Å². The number of halogens is 2. The maximum atomic E-state index is 15.4. The zero-order valence-corrected chi connectivity index (χ0v) is 18.5. The molecule has 34 heavy (non-hydrogen) atoms. The number of hydrogen-bond donors (Lipinski definition) is 2. The van der Waals surface area contributed by atoms with Crippen LogP contribution in [0.5, 0.6) is 0 Å². The number of imidazole rings is 1. The monoisotopic (exact) mass is 468 g/mol. The Balaban J connectivity index is 1.60. The highest BCUT2D eigenvalue weighted by Gasteiger charge is 2.28. The number of H-pyrrole nitrogens is 1. The summed E-state index contributed by atoms with van der Waals surface area (Å²) in [6, 6.07) is 6.06. The Bertz CT molecular complexity index is 1380. The predicted octanol–water partition coefficient (Wildman–Crippen LogP) is 3.60. The van der Waals surface area contributed by atoms with E-state index in [-0.39, 0.29) is 48.8 Å². The highest BCUT2D eigenvalue weighted by molar-refractivity contribution is 5.71. The highest BCUT2D eigenvalue weighted by atomic mass is 19.1. The molecular formula is C23H22F2N6O3. The summed E-state index contributed by atoms with van der Waals surface area (Å²) in [5.41, 5.74) is 2.09. The second kappa shape index (κ2) is 8.49. The van der Waals surface area contributed by atoms with Crippen LogP contribution in [0, 0.1) is 25.5 Å². The van der Waals surface area contributed by atoms with Crippen molar-refractivity contribution in [3.63, 3.8) is 0 Å². The van der Waals surface area contributed by atoms with E-state index in [1.54, 1.807) is 17.5 Å². The Morgan fingerprint density at radius 1 is 1.24 bits per heavy atom. The van der Waals surface area contributed by atoms with E-state index in [1.807, 2.05) is 19.1 Å². The molecule has 1 atom stereocenters. The van der Waals surface area contributed by atoms with Gasteiger partial charge in [-0.2, -0.15) is 5.10 Å². The number of fused-ring (bicyclic) bond motifs is 1. The molecule has 2 N–H and O–H groups in total. The summed E-state index contributed by atoms with van der Waals surface area (Å²) in [5.74, 6) is -0.871. The molecule has 1 saturated heterocycles. The number of hydrogen-bond acceptors (Lipinski definition) is 5. The van der Waals surface area contributed by atoms with Crippen molar-refractivity contribution in [1.29, 1.82) is 0 Å². The molecule has 0 radical (unpaired) electrons. The van der Waals surface area contributed by atoms with E-state index in [2.05, 4.69) is 20.2 Å². The molecule has 1 fully saturated rings. The van der Waals surface area contributed by atoms with Gasteiger partial charge < -0.3 is 19.1 Å². The van der Waals surface area contributed by atoms with Gasteiger partial charge in [-0.15, -0.1) is 0 Å². The molecule has 4 aromatic rings. The first kappa shape index (κ1) is 22.0. The van der Waals surface area contributed by atoms with Gasteiger partial charge in [0.05, 0.1) is 36.2 Å². The molecule has 4 heterocycles. The normalized spacial score (nSPS) is 16.4. The van der Waals surface area contributed by atoms with Gasteiger partial charge in [-0.05, 0) is 43.7 Å². The first-order valence-corrected chi connectivity index (χ1v) is 10.8. The molecule has 11 heteroatoms. The van der Waals surface area contributed by atoms with Gasteiger partial charge in [0.25, 0.3) is 0 Å². The van der Waals surface area contributed by atoms with E-state index >= 15 is 8.78 Å². The summed E-state index contributed by atoms with van der Waals surface area (Å²) in [4.78, 5) is 21.4. The summed E-state index contributed by atoms with van der Waals surface area (Å²) in [5, 5.41) is 16.0. The zero-order chi connectivity index (χ0) is 24.0. The summed E-state index contributed by atoms with van der Waals surface area (Å²) in [6.07, 6.45) is 0.502. The molecule has 1 aliphatic heterocycles. The summed E-state index contributed by atoms with van der Waals surface area (Å²) < 4.78 is 38.2. The standard InChI is InChI=1S/C23H22F2N6O3/c1-12-3-4-31-18(10-15-11-30(23(32)33)5-6-34-15)21(27-19(31)7-12)20-16(24)8-14(9-17(20)25)22-26-13(2)28-29-22/h3-4,7-9,15H,5-6,10-11H2,1-2H3,(H,32,33)(H,26,28,29).